The lowest BCUT2D eigenvalue weighted by molar-refractivity contribution is -0.135. The van der Waals surface area contributed by atoms with Gasteiger partial charge in [0, 0.05) is 43.7 Å². The average molecular weight is 367 g/mol. The van der Waals surface area contributed by atoms with Crippen LogP contribution in [0.5, 0.6) is 5.88 Å². The average Bonchev–Trinajstić information content (AvgIpc) is 3.02. The summed E-state index contributed by atoms with van der Waals surface area (Å²) in [6, 6.07) is 5.66. The topological polar surface area (TPSA) is 79.8 Å². The number of nitrogens with zero attached hydrogens (tertiary/aromatic N) is 3. The van der Waals surface area contributed by atoms with Crippen LogP contribution in [0.25, 0.3) is 0 Å². The Kier molecular flexibility index (Phi) is 5.29. The number of ether oxygens (including phenoxy) is 1. The Balaban J connectivity index is 1.51. The van der Waals surface area contributed by atoms with Gasteiger partial charge in [0.05, 0.1) is 12.8 Å². The van der Waals surface area contributed by atoms with Crippen molar-refractivity contribution < 1.29 is 17.9 Å². The highest BCUT2D eigenvalue weighted by molar-refractivity contribution is 7.88. The van der Waals surface area contributed by atoms with E-state index in [0.29, 0.717) is 44.9 Å². The van der Waals surface area contributed by atoms with Crippen LogP contribution in [-0.2, 0) is 14.8 Å². The fourth-order valence-corrected chi connectivity index (χ4v) is 4.35. The zero-order valence-corrected chi connectivity index (χ0v) is 15.5. The lowest BCUT2D eigenvalue weighted by atomic mass is 9.97. The van der Waals surface area contributed by atoms with Crippen LogP contribution in [0.1, 0.15) is 25.0 Å². The van der Waals surface area contributed by atoms with Gasteiger partial charge in [-0.15, -0.1) is 0 Å². The number of amides is 1. The first-order valence-corrected chi connectivity index (χ1v) is 10.5. The predicted octanol–water partition coefficient (Wildman–Crippen LogP) is 1.04. The monoisotopic (exact) mass is 367 g/mol. The molecule has 0 bridgehead atoms. The molecule has 0 N–H and O–H groups in total. The number of pyridine rings is 1. The molecular formula is C17H25N3O4S. The summed E-state index contributed by atoms with van der Waals surface area (Å²) >= 11 is 0. The predicted molar refractivity (Wildman–Crippen MR) is 93.7 cm³/mol. The maximum absolute atomic E-state index is 12.7. The van der Waals surface area contributed by atoms with E-state index in [1.807, 2.05) is 30.0 Å². The smallest absolute Gasteiger partial charge is 0.225 e. The molecule has 0 radical (unpaired) electrons. The van der Waals surface area contributed by atoms with Gasteiger partial charge in [-0.05, 0) is 25.8 Å². The van der Waals surface area contributed by atoms with Crippen LogP contribution in [0, 0.1) is 12.8 Å². The second-order valence-electron chi connectivity index (χ2n) is 6.87. The standard InChI is InChI=1S/C17H25N3O4S/c1-13-4-3-5-16(18-13)24-15-8-9-19(12-15)17(21)14-6-10-20(11-7-14)25(2,22)23/h3-5,14-15H,6-12H2,1-2H3. The van der Waals surface area contributed by atoms with E-state index in [4.69, 9.17) is 4.74 Å². The first-order chi connectivity index (χ1) is 11.8. The number of hydrogen-bond donors (Lipinski definition) is 0. The number of carbonyl (C=O) groups is 1. The van der Waals surface area contributed by atoms with Gasteiger partial charge >= 0.3 is 0 Å². The van der Waals surface area contributed by atoms with Crippen molar-refractivity contribution >= 4 is 15.9 Å². The van der Waals surface area contributed by atoms with Gasteiger partial charge in [0.2, 0.25) is 21.8 Å². The van der Waals surface area contributed by atoms with Gasteiger partial charge in [0.25, 0.3) is 0 Å². The van der Waals surface area contributed by atoms with E-state index in [9.17, 15) is 13.2 Å². The molecule has 1 aromatic rings. The Bertz CT molecular complexity index is 729. The molecule has 8 heteroatoms. The van der Waals surface area contributed by atoms with Gasteiger partial charge in [0.15, 0.2) is 0 Å². The van der Waals surface area contributed by atoms with Gasteiger partial charge in [-0.25, -0.2) is 17.7 Å². The minimum atomic E-state index is -3.16. The Hall–Kier alpha value is -1.67. The maximum atomic E-state index is 12.7. The summed E-state index contributed by atoms with van der Waals surface area (Å²) in [6.45, 7) is 4.02. The molecule has 138 valence electrons. The van der Waals surface area contributed by atoms with E-state index in [-0.39, 0.29) is 17.9 Å². The Morgan fingerprint density at radius 3 is 2.56 bits per heavy atom. The summed E-state index contributed by atoms with van der Waals surface area (Å²) in [4.78, 5) is 18.9. The first kappa shape index (κ1) is 18.1. The molecule has 2 aliphatic heterocycles. The van der Waals surface area contributed by atoms with Crippen molar-refractivity contribution in [2.45, 2.75) is 32.3 Å². The molecule has 7 nitrogen and oxygen atoms in total. The number of aryl methyl sites for hydroxylation is 1. The third-order valence-electron chi connectivity index (χ3n) is 4.88. The SMILES string of the molecule is Cc1cccc(OC2CCN(C(=O)C3CCN(S(C)(=O)=O)CC3)C2)n1. The van der Waals surface area contributed by atoms with Crippen molar-refractivity contribution in [2.24, 2.45) is 5.92 Å². The molecule has 0 aliphatic carbocycles. The zero-order valence-electron chi connectivity index (χ0n) is 14.7. The van der Waals surface area contributed by atoms with E-state index >= 15 is 0 Å². The molecule has 2 fully saturated rings. The molecule has 0 saturated carbocycles. The summed E-state index contributed by atoms with van der Waals surface area (Å²) in [5.74, 6) is 0.631. The van der Waals surface area contributed by atoms with Crippen molar-refractivity contribution in [1.29, 1.82) is 0 Å². The third-order valence-corrected chi connectivity index (χ3v) is 6.18. The number of likely N-dealkylation sites (tertiary alicyclic amines) is 1. The van der Waals surface area contributed by atoms with Crippen molar-refractivity contribution in [3.8, 4) is 5.88 Å². The van der Waals surface area contributed by atoms with Gasteiger partial charge in [-0.3, -0.25) is 4.79 Å². The molecule has 0 spiro atoms. The molecule has 3 heterocycles. The van der Waals surface area contributed by atoms with Crippen LogP contribution in [0.4, 0.5) is 0 Å². The maximum Gasteiger partial charge on any atom is 0.225 e. The van der Waals surface area contributed by atoms with Crippen molar-refractivity contribution in [2.75, 3.05) is 32.4 Å². The van der Waals surface area contributed by atoms with Gasteiger partial charge < -0.3 is 9.64 Å². The summed E-state index contributed by atoms with van der Waals surface area (Å²) in [5.41, 5.74) is 0.904. The Morgan fingerprint density at radius 1 is 1.20 bits per heavy atom. The molecule has 1 aromatic heterocycles. The molecule has 1 unspecified atom stereocenters. The van der Waals surface area contributed by atoms with E-state index < -0.39 is 10.0 Å². The van der Waals surface area contributed by atoms with Crippen molar-refractivity contribution in [1.82, 2.24) is 14.2 Å². The fraction of sp³-hybridized carbons (Fsp3) is 0.647. The lowest BCUT2D eigenvalue weighted by Crippen LogP contribution is -2.43. The summed E-state index contributed by atoms with van der Waals surface area (Å²) < 4.78 is 30.5. The molecule has 2 saturated heterocycles. The third kappa shape index (κ3) is 4.49. The number of hydrogen-bond acceptors (Lipinski definition) is 5. The van der Waals surface area contributed by atoms with Gasteiger partial charge in [-0.2, -0.15) is 0 Å². The number of aromatic nitrogens is 1. The van der Waals surface area contributed by atoms with Crippen LogP contribution in [-0.4, -0.2) is 67.1 Å². The second-order valence-corrected chi connectivity index (χ2v) is 8.85. The number of piperidine rings is 1. The zero-order chi connectivity index (χ0) is 18.0. The fourth-order valence-electron chi connectivity index (χ4n) is 3.47. The summed E-state index contributed by atoms with van der Waals surface area (Å²) in [7, 11) is -3.16. The van der Waals surface area contributed by atoms with Gasteiger partial charge in [-0.1, -0.05) is 6.07 Å². The lowest BCUT2D eigenvalue weighted by Gasteiger charge is -2.31. The normalized spacial score (nSPS) is 23.0. The van der Waals surface area contributed by atoms with E-state index in [0.717, 1.165) is 12.1 Å². The van der Waals surface area contributed by atoms with Crippen LogP contribution in [0.3, 0.4) is 0 Å². The molecule has 3 rings (SSSR count). The quantitative estimate of drug-likeness (QED) is 0.794. The van der Waals surface area contributed by atoms with Crippen molar-refractivity contribution in [3.63, 3.8) is 0 Å². The van der Waals surface area contributed by atoms with Crippen LogP contribution in [0.2, 0.25) is 0 Å². The summed E-state index contributed by atoms with van der Waals surface area (Å²) in [5, 5.41) is 0. The number of sulfonamides is 1. The summed E-state index contributed by atoms with van der Waals surface area (Å²) in [6.07, 6.45) is 3.16. The molecular weight excluding hydrogens is 342 g/mol. The number of carbonyl (C=O) groups excluding carboxylic acids is 1. The molecule has 2 aliphatic rings. The minimum absolute atomic E-state index is 0.0330. The first-order valence-electron chi connectivity index (χ1n) is 8.67. The van der Waals surface area contributed by atoms with Gasteiger partial charge in [0.1, 0.15) is 6.10 Å². The minimum Gasteiger partial charge on any atom is -0.472 e. The Morgan fingerprint density at radius 2 is 1.92 bits per heavy atom. The van der Waals surface area contributed by atoms with Crippen molar-refractivity contribution in [3.05, 3.63) is 23.9 Å². The molecule has 1 amide bonds. The highest BCUT2D eigenvalue weighted by Gasteiger charge is 2.35. The van der Waals surface area contributed by atoms with Crippen LogP contribution in [0.15, 0.2) is 18.2 Å². The van der Waals surface area contributed by atoms with E-state index in [2.05, 4.69) is 4.98 Å². The second kappa shape index (κ2) is 7.29. The number of rotatable bonds is 4. The highest BCUT2D eigenvalue weighted by atomic mass is 32.2. The van der Waals surface area contributed by atoms with E-state index in [1.165, 1.54) is 10.6 Å². The Labute approximate surface area is 149 Å². The van der Waals surface area contributed by atoms with Crippen LogP contribution < -0.4 is 4.74 Å². The largest absolute Gasteiger partial charge is 0.472 e. The molecule has 0 aromatic carbocycles. The van der Waals surface area contributed by atoms with Crippen LogP contribution >= 0.6 is 0 Å². The molecule has 1 atom stereocenters. The highest BCUT2D eigenvalue weighted by Crippen LogP contribution is 2.24. The molecule has 25 heavy (non-hydrogen) atoms. The van der Waals surface area contributed by atoms with E-state index in [1.54, 1.807) is 0 Å².